The second-order valence-corrected chi connectivity index (χ2v) is 4.62. The fourth-order valence-corrected chi connectivity index (χ4v) is 2.21. The zero-order valence-electron chi connectivity index (χ0n) is 9.86. The topological polar surface area (TPSA) is 26.0 Å². The fourth-order valence-electron chi connectivity index (χ4n) is 2.09. The van der Waals surface area contributed by atoms with Gasteiger partial charge in [-0.05, 0) is 41.8 Å². The van der Waals surface area contributed by atoms with Crippen LogP contribution in [-0.2, 0) is 0 Å². The number of anilines is 1. The Kier molecular flexibility index (Phi) is 3.70. The molecule has 0 aliphatic rings. The molecule has 0 heterocycles. The maximum atomic E-state index is 5.91. The number of benzene rings is 2. The first kappa shape index (κ1) is 12.0. The lowest BCUT2D eigenvalue weighted by Crippen LogP contribution is -1.99. The van der Waals surface area contributed by atoms with Gasteiger partial charge in [0.25, 0.3) is 0 Å². The first-order valence-corrected chi connectivity index (χ1v) is 6.19. The first-order chi connectivity index (χ1) is 8.20. The van der Waals surface area contributed by atoms with Crippen LogP contribution in [-0.4, -0.2) is 0 Å². The van der Waals surface area contributed by atoms with Crippen LogP contribution in [0.2, 0.25) is 5.02 Å². The summed E-state index contributed by atoms with van der Waals surface area (Å²) >= 11 is 5.91. The minimum atomic E-state index is 0.410. The van der Waals surface area contributed by atoms with Gasteiger partial charge in [-0.2, -0.15) is 0 Å². The summed E-state index contributed by atoms with van der Waals surface area (Å²) < 4.78 is 0. The molecule has 1 atom stereocenters. The normalized spacial score (nSPS) is 12.4. The number of halogens is 1. The molecule has 0 aliphatic carbocycles. The maximum absolute atomic E-state index is 5.91. The molecule has 1 nitrogen and oxygen atoms in total. The Morgan fingerprint density at radius 3 is 1.88 bits per heavy atom. The van der Waals surface area contributed by atoms with E-state index >= 15 is 0 Å². The molecule has 0 aromatic heterocycles. The molecule has 1 unspecified atom stereocenters. The highest BCUT2D eigenvalue weighted by Crippen LogP contribution is 2.29. The number of hydrogen-bond acceptors (Lipinski definition) is 1. The summed E-state index contributed by atoms with van der Waals surface area (Å²) in [6, 6.07) is 16.2. The lowest BCUT2D eigenvalue weighted by Gasteiger charge is -2.16. The van der Waals surface area contributed by atoms with Crippen LogP contribution in [0.3, 0.4) is 0 Å². The van der Waals surface area contributed by atoms with E-state index < -0.39 is 0 Å². The van der Waals surface area contributed by atoms with Gasteiger partial charge in [-0.1, -0.05) is 42.8 Å². The zero-order valence-corrected chi connectivity index (χ0v) is 10.6. The lowest BCUT2D eigenvalue weighted by molar-refractivity contribution is 0.777. The van der Waals surface area contributed by atoms with Crippen LogP contribution < -0.4 is 5.73 Å². The van der Waals surface area contributed by atoms with Crippen molar-refractivity contribution in [2.75, 3.05) is 5.73 Å². The van der Waals surface area contributed by atoms with Crippen molar-refractivity contribution in [3.63, 3.8) is 0 Å². The Hall–Kier alpha value is -1.47. The number of hydrogen-bond donors (Lipinski definition) is 1. The van der Waals surface area contributed by atoms with Crippen molar-refractivity contribution in [3.8, 4) is 0 Å². The van der Waals surface area contributed by atoms with E-state index in [-0.39, 0.29) is 0 Å². The van der Waals surface area contributed by atoms with E-state index in [0.29, 0.717) is 5.92 Å². The second-order valence-electron chi connectivity index (χ2n) is 4.18. The van der Waals surface area contributed by atoms with Gasteiger partial charge in [0, 0.05) is 16.6 Å². The van der Waals surface area contributed by atoms with Crippen LogP contribution in [0, 0.1) is 0 Å². The van der Waals surface area contributed by atoms with Crippen LogP contribution in [0.25, 0.3) is 0 Å². The standard InChI is InChI=1S/C15H16ClN/c1-2-15(11-3-7-13(16)8-4-11)12-5-9-14(17)10-6-12/h3-10,15H,2,17H2,1H3. The lowest BCUT2D eigenvalue weighted by atomic mass is 9.89. The van der Waals surface area contributed by atoms with Gasteiger partial charge >= 0.3 is 0 Å². The molecule has 0 spiro atoms. The molecule has 2 rings (SSSR count). The summed E-state index contributed by atoms with van der Waals surface area (Å²) in [7, 11) is 0. The molecule has 2 aromatic carbocycles. The van der Waals surface area contributed by atoms with Gasteiger partial charge in [-0.15, -0.1) is 0 Å². The fraction of sp³-hybridized carbons (Fsp3) is 0.200. The summed E-state index contributed by atoms with van der Waals surface area (Å²) in [5.74, 6) is 0.410. The molecule has 0 aliphatic heterocycles. The quantitative estimate of drug-likeness (QED) is 0.794. The number of nitrogen functional groups attached to an aromatic ring is 1. The van der Waals surface area contributed by atoms with Gasteiger partial charge in [0.1, 0.15) is 0 Å². The molecule has 0 radical (unpaired) electrons. The van der Waals surface area contributed by atoms with Crippen LogP contribution in [0.4, 0.5) is 5.69 Å². The SMILES string of the molecule is CCC(c1ccc(N)cc1)c1ccc(Cl)cc1. The van der Waals surface area contributed by atoms with Gasteiger partial charge in [0.15, 0.2) is 0 Å². The molecular formula is C15H16ClN. The van der Waals surface area contributed by atoms with Crippen LogP contribution in [0.15, 0.2) is 48.5 Å². The Balaban J connectivity index is 2.33. The van der Waals surface area contributed by atoms with Crippen molar-refractivity contribution in [3.05, 3.63) is 64.7 Å². The van der Waals surface area contributed by atoms with Crippen molar-refractivity contribution >= 4 is 17.3 Å². The highest BCUT2D eigenvalue weighted by molar-refractivity contribution is 6.30. The first-order valence-electron chi connectivity index (χ1n) is 5.81. The molecule has 17 heavy (non-hydrogen) atoms. The average Bonchev–Trinajstić information content (AvgIpc) is 2.35. The average molecular weight is 246 g/mol. The molecule has 2 N–H and O–H groups in total. The van der Waals surface area contributed by atoms with Crippen molar-refractivity contribution in [2.24, 2.45) is 0 Å². The smallest absolute Gasteiger partial charge is 0.0406 e. The third-order valence-corrected chi connectivity index (χ3v) is 3.27. The van der Waals surface area contributed by atoms with E-state index in [0.717, 1.165) is 17.1 Å². The summed E-state index contributed by atoms with van der Waals surface area (Å²) in [6.45, 7) is 2.19. The van der Waals surface area contributed by atoms with Crippen LogP contribution in [0.1, 0.15) is 30.4 Å². The third-order valence-electron chi connectivity index (χ3n) is 3.02. The third kappa shape index (κ3) is 2.80. The van der Waals surface area contributed by atoms with Gasteiger partial charge in [0.05, 0.1) is 0 Å². The predicted molar refractivity (Wildman–Crippen MR) is 74.4 cm³/mol. The van der Waals surface area contributed by atoms with E-state index in [1.807, 2.05) is 24.3 Å². The molecule has 2 heteroatoms. The van der Waals surface area contributed by atoms with E-state index in [2.05, 4.69) is 31.2 Å². The van der Waals surface area contributed by atoms with Gasteiger partial charge < -0.3 is 5.73 Å². The monoisotopic (exact) mass is 245 g/mol. The van der Waals surface area contributed by atoms with E-state index in [4.69, 9.17) is 17.3 Å². The Labute approximate surface area is 107 Å². The molecular weight excluding hydrogens is 230 g/mol. The number of nitrogens with two attached hydrogens (primary N) is 1. The molecule has 0 saturated heterocycles. The maximum Gasteiger partial charge on any atom is 0.0406 e. The van der Waals surface area contributed by atoms with Crippen molar-refractivity contribution in [2.45, 2.75) is 19.3 Å². The van der Waals surface area contributed by atoms with Crippen molar-refractivity contribution < 1.29 is 0 Å². The number of rotatable bonds is 3. The summed E-state index contributed by atoms with van der Waals surface area (Å²) in [6.07, 6.45) is 1.06. The van der Waals surface area contributed by atoms with E-state index in [9.17, 15) is 0 Å². The minimum Gasteiger partial charge on any atom is -0.399 e. The highest BCUT2D eigenvalue weighted by Gasteiger charge is 2.11. The summed E-state index contributed by atoms with van der Waals surface area (Å²) in [5, 5.41) is 0.779. The van der Waals surface area contributed by atoms with E-state index in [1.54, 1.807) is 0 Å². The van der Waals surface area contributed by atoms with Crippen molar-refractivity contribution in [1.29, 1.82) is 0 Å². The predicted octanol–water partition coefficient (Wildman–Crippen LogP) is 4.46. The van der Waals surface area contributed by atoms with Crippen LogP contribution in [0.5, 0.6) is 0 Å². The Bertz CT molecular complexity index is 428. The molecule has 2 aromatic rings. The zero-order chi connectivity index (χ0) is 12.3. The summed E-state index contributed by atoms with van der Waals surface area (Å²) in [4.78, 5) is 0. The van der Waals surface area contributed by atoms with E-state index in [1.165, 1.54) is 11.1 Å². The second kappa shape index (κ2) is 5.24. The molecule has 0 bridgehead atoms. The van der Waals surface area contributed by atoms with Gasteiger partial charge in [-0.3, -0.25) is 0 Å². The Morgan fingerprint density at radius 2 is 1.41 bits per heavy atom. The molecule has 0 saturated carbocycles. The van der Waals surface area contributed by atoms with Gasteiger partial charge in [-0.25, -0.2) is 0 Å². The Morgan fingerprint density at radius 1 is 0.941 bits per heavy atom. The van der Waals surface area contributed by atoms with Crippen molar-refractivity contribution in [1.82, 2.24) is 0 Å². The highest BCUT2D eigenvalue weighted by atomic mass is 35.5. The largest absolute Gasteiger partial charge is 0.399 e. The molecule has 0 amide bonds. The van der Waals surface area contributed by atoms with Crippen LogP contribution >= 0.6 is 11.6 Å². The molecule has 88 valence electrons. The molecule has 0 fully saturated rings. The van der Waals surface area contributed by atoms with Gasteiger partial charge in [0.2, 0.25) is 0 Å². The summed E-state index contributed by atoms with van der Waals surface area (Å²) in [5.41, 5.74) is 9.10. The minimum absolute atomic E-state index is 0.410.